The topological polar surface area (TPSA) is 20.3 Å². The van der Waals surface area contributed by atoms with Crippen molar-refractivity contribution in [2.75, 3.05) is 6.54 Å². The summed E-state index contributed by atoms with van der Waals surface area (Å²) in [5.41, 5.74) is 0. The lowest BCUT2D eigenvalue weighted by Gasteiger charge is -2.27. The predicted molar refractivity (Wildman–Crippen MR) is 49.9 cm³/mol. The van der Waals surface area contributed by atoms with E-state index in [-0.39, 0.29) is 5.91 Å². The summed E-state index contributed by atoms with van der Waals surface area (Å²) in [7, 11) is 0. The molecule has 1 saturated heterocycles. The summed E-state index contributed by atoms with van der Waals surface area (Å²) in [5.74, 6) is 0.253. The van der Waals surface area contributed by atoms with Crippen molar-refractivity contribution in [3.05, 3.63) is 0 Å². The highest BCUT2D eigenvalue weighted by atomic mass is 16.2. The van der Waals surface area contributed by atoms with Crippen LogP contribution < -0.4 is 0 Å². The van der Waals surface area contributed by atoms with Crippen LogP contribution >= 0.6 is 0 Å². The van der Waals surface area contributed by atoms with Crippen LogP contribution in [0.15, 0.2) is 0 Å². The molecule has 1 heterocycles. The van der Waals surface area contributed by atoms with Crippen molar-refractivity contribution in [3.8, 4) is 0 Å². The van der Waals surface area contributed by atoms with Crippen molar-refractivity contribution < 1.29 is 4.79 Å². The highest BCUT2D eigenvalue weighted by Gasteiger charge is 2.20. The molecule has 12 heavy (non-hydrogen) atoms. The molecule has 1 fully saturated rings. The van der Waals surface area contributed by atoms with Gasteiger partial charge in [0.25, 0.3) is 0 Å². The van der Waals surface area contributed by atoms with Gasteiger partial charge >= 0.3 is 0 Å². The van der Waals surface area contributed by atoms with Gasteiger partial charge in [-0.1, -0.05) is 19.8 Å². The lowest BCUT2D eigenvalue weighted by atomic mass is 10.1. The van der Waals surface area contributed by atoms with E-state index in [9.17, 15) is 4.79 Å². The standard InChI is InChI=1S/C10H19NO/c1-3-10-7-5-4-6-8-11(10)9(2)12/h10H,3-8H2,1-2H3. The van der Waals surface area contributed by atoms with Gasteiger partial charge < -0.3 is 4.90 Å². The number of carbonyl (C=O) groups is 1. The summed E-state index contributed by atoms with van der Waals surface area (Å²) < 4.78 is 0. The Kier molecular flexibility index (Phi) is 3.57. The van der Waals surface area contributed by atoms with E-state index in [0.29, 0.717) is 6.04 Å². The molecule has 1 aliphatic rings. The minimum Gasteiger partial charge on any atom is -0.340 e. The van der Waals surface area contributed by atoms with Gasteiger partial charge in [0, 0.05) is 19.5 Å². The maximum atomic E-state index is 11.2. The fraction of sp³-hybridized carbons (Fsp3) is 0.900. The van der Waals surface area contributed by atoms with E-state index in [1.807, 2.05) is 4.90 Å². The van der Waals surface area contributed by atoms with Gasteiger partial charge in [0.1, 0.15) is 0 Å². The molecule has 0 aromatic rings. The van der Waals surface area contributed by atoms with Gasteiger partial charge in [-0.25, -0.2) is 0 Å². The van der Waals surface area contributed by atoms with E-state index in [1.165, 1.54) is 25.7 Å². The first-order valence-electron chi connectivity index (χ1n) is 5.03. The van der Waals surface area contributed by atoms with Gasteiger partial charge in [-0.05, 0) is 19.3 Å². The third-order valence-corrected chi connectivity index (χ3v) is 2.75. The molecule has 1 atom stereocenters. The Morgan fingerprint density at radius 3 is 2.75 bits per heavy atom. The number of amides is 1. The van der Waals surface area contributed by atoms with Crippen LogP contribution in [0.2, 0.25) is 0 Å². The minimum atomic E-state index is 0.253. The molecule has 1 unspecified atom stereocenters. The van der Waals surface area contributed by atoms with Crippen LogP contribution in [-0.4, -0.2) is 23.4 Å². The molecule has 0 bridgehead atoms. The predicted octanol–water partition coefficient (Wildman–Crippen LogP) is 2.19. The lowest BCUT2D eigenvalue weighted by molar-refractivity contribution is -0.131. The molecule has 0 aromatic carbocycles. The van der Waals surface area contributed by atoms with E-state index in [2.05, 4.69) is 6.92 Å². The molecule has 0 radical (unpaired) electrons. The number of hydrogen-bond acceptors (Lipinski definition) is 1. The maximum absolute atomic E-state index is 11.2. The number of hydrogen-bond donors (Lipinski definition) is 0. The molecule has 0 spiro atoms. The summed E-state index contributed by atoms with van der Waals surface area (Å²) >= 11 is 0. The number of likely N-dealkylation sites (tertiary alicyclic amines) is 1. The quantitative estimate of drug-likeness (QED) is 0.589. The zero-order valence-corrected chi connectivity index (χ0v) is 8.18. The third kappa shape index (κ3) is 2.23. The first-order chi connectivity index (χ1) is 5.75. The van der Waals surface area contributed by atoms with Crippen molar-refractivity contribution >= 4 is 5.91 Å². The Bertz CT molecular complexity index is 156. The van der Waals surface area contributed by atoms with Crippen LogP contribution in [0.4, 0.5) is 0 Å². The molecule has 1 aliphatic heterocycles. The van der Waals surface area contributed by atoms with E-state index in [0.717, 1.165) is 13.0 Å². The van der Waals surface area contributed by atoms with Crippen molar-refractivity contribution in [3.63, 3.8) is 0 Å². The van der Waals surface area contributed by atoms with E-state index < -0.39 is 0 Å². The second-order valence-corrected chi connectivity index (χ2v) is 3.62. The molecule has 1 amide bonds. The van der Waals surface area contributed by atoms with Gasteiger partial charge in [-0.15, -0.1) is 0 Å². The molecule has 2 nitrogen and oxygen atoms in total. The fourth-order valence-electron chi connectivity index (χ4n) is 2.02. The molecular weight excluding hydrogens is 150 g/mol. The van der Waals surface area contributed by atoms with E-state index in [1.54, 1.807) is 6.92 Å². The zero-order chi connectivity index (χ0) is 8.97. The molecule has 70 valence electrons. The fourth-order valence-corrected chi connectivity index (χ4v) is 2.02. The zero-order valence-electron chi connectivity index (χ0n) is 8.18. The normalized spacial score (nSPS) is 25.2. The van der Waals surface area contributed by atoms with Crippen LogP contribution in [0.1, 0.15) is 46.0 Å². The molecule has 1 rings (SSSR count). The van der Waals surface area contributed by atoms with Crippen molar-refractivity contribution in [1.29, 1.82) is 0 Å². The first-order valence-corrected chi connectivity index (χ1v) is 5.03. The summed E-state index contributed by atoms with van der Waals surface area (Å²) in [6.07, 6.45) is 6.09. The van der Waals surface area contributed by atoms with Crippen LogP contribution in [0.3, 0.4) is 0 Å². The highest BCUT2D eigenvalue weighted by Crippen LogP contribution is 2.18. The number of rotatable bonds is 1. The van der Waals surface area contributed by atoms with Crippen LogP contribution in [0.25, 0.3) is 0 Å². The largest absolute Gasteiger partial charge is 0.340 e. The summed E-state index contributed by atoms with van der Waals surface area (Å²) in [4.78, 5) is 13.3. The lowest BCUT2D eigenvalue weighted by Crippen LogP contribution is -2.37. The van der Waals surface area contributed by atoms with Crippen molar-refractivity contribution in [2.45, 2.75) is 52.0 Å². The highest BCUT2D eigenvalue weighted by molar-refractivity contribution is 5.73. The Morgan fingerprint density at radius 2 is 2.17 bits per heavy atom. The molecule has 0 aliphatic carbocycles. The smallest absolute Gasteiger partial charge is 0.219 e. The first kappa shape index (κ1) is 9.56. The van der Waals surface area contributed by atoms with Gasteiger partial charge in [0.2, 0.25) is 5.91 Å². The Balaban J connectivity index is 2.57. The molecule has 0 N–H and O–H groups in total. The van der Waals surface area contributed by atoms with Gasteiger partial charge in [-0.2, -0.15) is 0 Å². The Hall–Kier alpha value is -0.530. The van der Waals surface area contributed by atoms with E-state index >= 15 is 0 Å². The molecule has 0 aromatic heterocycles. The number of nitrogens with zero attached hydrogens (tertiary/aromatic N) is 1. The maximum Gasteiger partial charge on any atom is 0.219 e. The average molecular weight is 169 g/mol. The third-order valence-electron chi connectivity index (χ3n) is 2.75. The Labute approximate surface area is 74.9 Å². The average Bonchev–Trinajstić information content (AvgIpc) is 2.27. The Morgan fingerprint density at radius 1 is 1.42 bits per heavy atom. The SMILES string of the molecule is CCC1CCCCCN1C(C)=O. The minimum absolute atomic E-state index is 0.253. The summed E-state index contributed by atoms with van der Waals surface area (Å²) in [5, 5.41) is 0. The second kappa shape index (κ2) is 4.48. The van der Waals surface area contributed by atoms with Crippen LogP contribution in [-0.2, 0) is 4.79 Å². The monoisotopic (exact) mass is 169 g/mol. The molecular formula is C10H19NO. The van der Waals surface area contributed by atoms with Gasteiger partial charge in [-0.3, -0.25) is 4.79 Å². The van der Waals surface area contributed by atoms with Crippen LogP contribution in [0.5, 0.6) is 0 Å². The molecule has 0 saturated carbocycles. The van der Waals surface area contributed by atoms with E-state index in [4.69, 9.17) is 0 Å². The number of carbonyl (C=O) groups excluding carboxylic acids is 1. The van der Waals surface area contributed by atoms with Crippen molar-refractivity contribution in [1.82, 2.24) is 4.90 Å². The van der Waals surface area contributed by atoms with Crippen LogP contribution in [0, 0.1) is 0 Å². The summed E-state index contributed by atoms with van der Waals surface area (Å²) in [6.45, 7) is 4.84. The molecule has 2 heteroatoms. The van der Waals surface area contributed by atoms with Gasteiger partial charge in [0.05, 0.1) is 0 Å². The summed E-state index contributed by atoms with van der Waals surface area (Å²) in [6, 6.07) is 0.519. The second-order valence-electron chi connectivity index (χ2n) is 3.62. The van der Waals surface area contributed by atoms with Gasteiger partial charge in [0.15, 0.2) is 0 Å². The van der Waals surface area contributed by atoms with Crippen molar-refractivity contribution in [2.24, 2.45) is 0 Å².